The molecular weight excluding hydrogens is 226 g/mol. The molecule has 0 unspecified atom stereocenters. The number of halogens is 1. The number of nitrogens with zero attached hydrogens (tertiary/aromatic N) is 3. The molecule has 0 bridgehead atoms. The van der Waals surface area contributed by atoms with Gasteiger partial charge < -0.3 is 9.64 Å². The Morgan fingerprint density at radius 3 is 2.69 bits per heavy atom. The molecule has 16 heavy (non-hydrogen) atoms. The first-order chi connectivity index (χ1) is 7.83. The summed E-state index contributed by atoms with van der Waals surface area (Å²) in [6.07, 6.45) is 2.46. The zero-order chi connectivity index (χ0) is 11.0. The van der Waals surface area contributed by atoms with Gasteiger partial charge in [0.1, 0.15) is 5.82 Å². The van der Waals surface area contributed by atoms with Gasteiger partial charge in [0.25, 0.3) is 0 Å². The summed E-state index contributed by atoms with van der Waals surface area (Å²) in [4.78, 5) is 10.8. The van der Waals surface area contributed by atoms with Gasteiger partial charge in [0.2, 0.25) is 5.28 Å². The summed E-state index contributed by atoms with van der Waals surface area (Å²) < 4.78 is 5.32. The Morgan fingerprint density at radius 1 is 1.25 bits per heavy atom. The minimum atomic E-state index is 0.367. The molecule has 3 rings (SSSR count). The summed E-state index contributed by atoms with van der Waals surface area (Å²) in [5, 5.41) is 0.367. The van der Waals surface area contributed by atoms with Crippen LogP contribution in [0.15, 0.2) is 6.07 Å². The lowest BCUT2D eigenvalue weighted by molar-refractivity contribution is 0.122. The Hall–Kier alpha value is -0.870. The number of morpholine rings is 1. The van der Waals surface area contributed by atoms with E-state index in [9.17, 15) is 0 Å². The number of ether oxygens (including phenoxy) is 1. The molecule has 5 heteroatoms. The topological polar surface area (TPSA) is 38.2 Å². The van der Waals surface area contributed by atoms with E-state index in [1.54, 1.807) is 0 Å². The summed E-state index contributed by atoms with van der Waals surface area (Å²) in [6.45, 7) is 3.30. The molecule has 86 valence electrons. The van der Waals surface area contributed by atoms with E-state index in [0.717, 1.165) is 37.8 Å². The van der Waals surface area contributed by atoms with Gasteiger partial charge >= 0.3 is 0 Å². The molecule has 1 aliphatic heterocycles. The van der Waals surface area contributed by atoms with Gasteiger partial charge in [-0.3, -0.25) is 0 Å². The molecule has 0 spiro atoms. The molecular formula is C11H14ClN3O. The molecule has 4 nitrogen and oxygen atoms in total. The molecule has 0 radical (unpaired) electrons. The van der Waals surface area contributed by atoms with E-state index in [0.29, 0.717) is 11.2 Å². The molecule has 1 saturated carbocycles. The Kier molecular flexibility index (Phi) is 2.69. The van der Waals surface area contributed by atoms with E-state index in [2.05, 4.69) is 20.9 Å². The second kappa shape index (κ2) is 4.18. The van der Waals surface area contributed by atoms with Crippen molar-refractivity contribution in [3.63, 3.8) is 0 Å². The predicted octanol–water partition coefficient (Wildman–Crippen LogP) is 1.84. The molecule has 0 N–H and O–H groups in total. The van der Waals surface area contributed by atoms with E-state index < -0.39 is 0 Å². The van der Waals surface area contributed by atoms with Crippen molar-refractivity contribution in [3.8, 4) is 0 Å². The Morgan fingerprint density at radius 2 is 2.00 bits per heavy atom. The highest BCUT2D eigenvalue weighted by Gasteiger charge is 2.27. The molecule has 2 heterocycles. The Bertz CT molecular complexity index is 389. The SMILES string of the molecule is Clc1nc(C2CC2)cc(N2CCOCC2)n1. The highest BCUT2D eigenvalue weighted by molar-refractivity contribution is 6.28. The monoisotopic (exact) mass is 239 g/mol. The van der Waals surface area contributed by atoms with Crippen LogP contribution in [0, 0.1) is 0 Å². The van der Waals surface area contributed by atoms with E-state index in [4.69, 9.17) is 16.3 Å². The van der Waals surface area contributed by atoms with E-state index in [1.807, 2.05) is 0 Å². The number of hydrogen-bond donors (Lipinski definition) is 0. The van der Waals surface area contributed by atoms with Crippen molar-refractivity contribution < 1.29 is 4.74 Å². The zero-order valence-electron chi connectivity index (χ0n) is 9.03. The third-order valence-corrected chi connectivity index (χ3v) is 3.20. The lowest BCUT2D eigenvalue weighted by atomic mass is 10.2. The molecule has 1 aromatic rings. The Labute approximate surface area is 99.6 Å². The highest BCUT2D eigenvalue weighted by Crippen LogP contribution is 2.40. The first-order valence-corrected chi connectivity index (χ1v) is 6.08. The van der Waals surface area contributed by atoms with Crippen molar-refractivity contribution in [2.24, 2.45) is 0 Å². The van der Waals surface area contributed by atoms with Gasteiger partial charge in [-0.15, -0.1) is 0 Å². The zero-order valence-corrected chi connectivity index (χ0v) is 9.78. The maximum atomic E-state index is 5.96. The minimum absolute atomic E-state index is 0.367. The third kappa shape index (κ3) is 2.13. The van der Waals surface area contributed by atoms with Crippen LogP contribution in [-0.4, -0.2) is 36.3 Å². The largest absolute Gasteiger partial charge is 0.378 e. The van der Waals surface area contributed by atoms with Crippen molar-refractivity contribution in [1.82, 2.24) is 9.97 Å². The van der Waals surface area contributed by atoms with Crippen LogP contribution in [0.2, 0.25) is 5.28 Å². The molecule has 0 atom stereocenters. The van der Waals surface area contributed by atoms with Gasteiger partial charge in [0, 0.05) is 25.1 Å². The quantitative estimate of drug-likeness (QED) is 0.739. The Balaban J connectivity index is 1.86. The van der Waals surface area contributed by atoms with Crippen LogP contribution < -0.4 is 4.90 Å². The van der Waals surface area contributed by atoms with Gasteiger partial charge in [0.15, 0.2) is 0 Å². The average molecular weight is 240 g/mol. The van der Waals surface area contributed by atoms with Crippen LogP contribution in [0.1, 0.15) is 24.5 Å². The van der Waals surface area contributed by atoms with E-state index >= 15 is 0 Å². The summed E-state index contributed by atoms with van der Waals surface area (Å²) in [6, 6.07) is 2.08. The molecule has 1 saturated heterocycles. The van der Waals surface area contributed by atoms with Gasteiger partial charge in [-0.2, -0.15) is 0 Å². The summed E-state index contributed by atoms with van der Waals surface area (Å²) in [5.41, 5.74) is 1.10. The molecule has 0 amide bonds. The van der Waals surface area contributed by atoms with E-state index in [1.165, 1.54) is 12.8 Å². The number of anilines is 1. The normalized spacial score (nSPS) is 21.2. The van der Waals surface area contributed by atoms with Crippen molar-refractivity contribution in [2.75, 3.05) is 31.2 Å². The van der Waals surface area contributed by atoms with E-state index in [-0.39, 0.29) is 0 Å². The molecule has 1 aromatic heterocycles. The number of rotatable bonds is 2. The predicted molar refractivity (Wildman–Crippen MR) is 62.0 cm³/mol. The lowest BCUT2D eigenvalue weighted by Crippen LogP contribution is -2.36. The number of aromatic nitrogens is 2. The second-order valence-electron chi connectivity index (χ2n) is 4.29. The van der Waals surface area contributed by atoms with Crippen LogP contribution in [0.4, 0.5) is 5.82 Å². The molecule has 2 aliphatic rings. The summed E-state index contributed by atoms with van der Waals surface area (Å²) in [7, 11) is 0. The van der Waals surface area contributed by atoms with Crippen LogP contribution in [0.3, 0.4) is 0 Å². The fourth-order valence-corrected chi connectivity index (χ4v) is 2.15. The van der Waals surface area contributed by atoms with Crippen molar-refractivity contribution in [3.05, 3.63) is 17.0 Å². The molecule has 2 fully saturated rings. The molecule has 0 aromatic carbocycles. The summed E-state index contributed by atoms with van der Waals surface area (Å²) in [5.74, 6) is 1.56. The average Bonchev–Trinajstić information content (AvgIpc) is 3.13. The fraction of sp³-hybridized carbons (Fsp3) is 0.636. The maximum absolute atomic E-state index is 5.96. The van der Waals surface area contributed by atoms with Crippen LogP contribution in [0.5, 0.6) is 0 Å². The maximum Gasteiger partial charge on any atom is 0.224 e. The first kappa shape index (κ1) is 10.3. The number of hydrogen-bond acceptors (Lipinski definition) is 4. The fourth-order valence-electron chi connectivity index (χ4n) is 1.97. The smallest absolute Gasteiger partial charge is 0.224 e. The van der Waals surface area contributed by atoms with Crippen molar-refractivity contribution in [1.29, 1.82) is 0 Å². The van der Waals surface area contributed by atoms with Gasteiger partial charge in [-0.25, -0.2) is 9.97 Å². The van der Waals surface area contributed by atoms with Gasteiger partial charge in [-0.05, 0) is 24.4 Å². The van der Waals surface area contributed by atoms with Crippen molar-refractivity contribution >= 4 is 17.4 Å². The summed E-state index contributed by atoms with van der Waals surface area (Å²) >= 11 is 5.96. The highest BCUT2D eigenvalue weighted by atomic mass is 35.5. The van der Waals surface area contributed by atoms with Gasteiger partial charge in [0.05, 0.1) is 18.9 Å². The van der Waals surface area contributed by atoms with Gasteiger partial charge in [-0.1, -0.05) is 0 Å². The first-order valence-electron chi connectivity index (χ1n) is 5.70. The lowest BCUT2D eigenvalue weighted by Gasteiger charge is -2.28. The van der Waals surface area contributed by atoms with Crippen LogP contribution >= 0.6 is 11.6 Å². The van der Waals surface area contributed by atoms with Crippen LogP contribution in [-0.2, 0) is 4.74 Å². The molecule has 1 aliphatic carbocycles. The standard InChI is InChI=1S/C11H14ClN3O/c12-11-13-9(8-1-2-8)7-10(14-11)15-3-5-16-6-4-15/h7-8H,1-6H2. The minimum Gasteiger partial charge on any atom is -0.378 e. The second-order valence-corrected chi connectivity index (χ2v) is 4.63. The van der Waals surface area contributed by atoms with Crippen LogP contribution in [0.25, 0.3) is 0 Å². The van der Waals surface area contributed by atoms with Crippen molar-refractivity contribution in [2.45, 2.75) is 18.8 Å². The third-order valence-electron chi connectivity index (χ3n) is 3.04.